The molecule has 1 aromatic carbocycles. The maximum Gasteiger partial charge on any atom is 0.353 e. The molecule has 1 fully saturated rings. The summed E-state index contributed by atoms with van der Waals surface area (Å²) >= 11 is 0. The van der Waals surface area contributed by atoms with Crippen LogP contribution >= 0.6 is 0 Å². The van der Waals surface area contributed by atoms with Gasteiger partial charge in [0.05, 0.1) is 19.1 Å². The van der Waals surface area contributed by atoms with Crippen LogP contribution in [0.25, 0.3) is 0 Å². The van der Waals surface area contributed by atoms with Gasteiger partial charge in [0.25, 0.3) is 0 Å². The lowest BCUT2D eigenvalue weighted by Crippen LogP contribution is -2.31. The van der Waals surface area contributed by atoms with Crippen LogP contribution in [0.15, 0.2) is 24.5 Å². The second-order valence-corrected chi connectivity index (χ2v) is 6.57. The molecule has 1 N–H and O–H groups in total. The number of methoxy groups -OCH3 is 2. The molecule has 0 amide bonds. The molecular weight excluding hydrogens is 362 g/mol. The van der Waals surface area contributed by atoms with Gasteiger partial charge in [-0.3, -0.25) is 10.1 Å². The van der Waals surface area contributed by atoms with E-state index >= 15 is 0 Å². The number of hydrogen-bond acceptors (Lipinski definition) is 8. The zero-order valence-electron chi connectivity index (χ0n) is 16.2. The van der Waals surface area contributed by atoms with Crippen molar-refractivity contribution in [3.8, 4) is 11.5 Å². The molecule has 2 aromatic rings. The van der Waals surface area contributed by atoms with Crippen LogP contribution in [0.5, 0.6) is 11.5 Å². The van der Waals surface area contributed by atoms with Crippen molar-refractivity contribution in [2.24, 2.45) is 0 Å². The normalized spacial score (nSPS) is 13.9. The Morgan fingerprint density at radius 3 is 2.57 bits per heavy atom. The van der Waals surface area contributed by atoms with Gasteiger partial charge in [-0.25, -0.2) is 9.97 Å². The summed E-state index contributed by atoms with van der Waals surface area (Å²) in [5.74, 6) is 1.96. The van der Waals surface area contributed by atoms with E-state index in [0.717, 1.165) is 37.9 Å². The molecule has 1 aromatic heterocycles. The third kappa shape index (κ3) is 4.41. The second-order valence-electron chi connectivity index (χ2n) is 6.57. The van der Waals surface area contributed by atoms with Gasteiger partial charge in [-0.15, -0.1) is 0 Å². The zero-order valence-corrected chi connectivity index (χ0v) is 16.2. The van der Waals surface area contributed by atoms with E-state index in [1.165, 1.54) is 6.33 Å². The van der Waals surface area contributed by atoms with E-state index in [-0.39, 0.29) is 11.5 Å². The predicted octanol–water partition coefficient (Wildman–Crippen LogP) is 3.05. The molecule has 0 aliphatic carbocycles. The van der Waals surface area contributed by atoms with E-state index in [9.17, 15) is 10.1 Å². The molecule has 1 saturated heterocycles. The minimum absolute atomic E-state index is 0.0586. The highest BCUT2D eigenvalue weighted by atomic mass is 16.6. The number of nitro groups is 1. The highest BCUT2D eigenvalue weighted by Gasteiger charge is 2.27. The van der Waals surface area contributed by atoms with Crippen molar-refractivity contribution >= 4 is 17.3 Å². The van der Waals surface area contributed by atoms with Crippen molar-refractivity contribution in [3.05, 3.63) is 40.2 Å². The summed E-state index contributed by atoms with van der Waals surface area (Å²) in [4.78, 5) is 21.6. The standard InChI is InChI=1S/C19H25N5O4/c1-27-15-7-6-14(12-16(15)28-2)8-9-20-18-17(24(25)26)19(22-13-21-18)23-10-4-3-5-11-23/h6-7,12-13H,3-5,8-11H2,1-2H3,(H,20,21,22). The maximum absolute atomic E-state index is 11.7. The molecule has 150 valence electrons. The molecule has 2 heterocycles. The average Bonchev–Trinajstić information content (AvgIpc) is 2.73. The number of nitrogens with one attached hydrogen (secondary N) is 1. The Labute approximate surface area is 163 Å². The molecule has 28 heavy (non-hydrogen) atoms. The van der Waals surface area contributed by atoms with Crippen LogP contribution in [0.3, 0.4) is 0 Å². The summed E-state index contributed by atoms with van der Waals surface area (Å²) in [5, 5.41) is 14.8. The van der Waals surface area contributed by atoms with E-state index < -0.39 is 4.92 Å². The first-order valence-electron chi connectivity index (χ1n) is 9.33. The fourth-order valence-corrected chi connectivity index (χ4v) is 3.37. The molecule has 0 spiro atoms. The number of aromatic nitrogens is 2. The number of hydrogen-bond donors (Lipinski definition) is 1. The fourth-order valence-electron chi connectivity index (χ4n) is 3.37. The smallest absolute Gasteiger partial charge is 0.353 e. The first-order valence-corrected chi connectivity index (χ1v) is 9.33. The predicted molar refractivity (Wildman–Crippen MR) is 106 cm³/mol. The van der Waals surface area contributed by atoms with Gasteiger partial charge in [-0.05, 0) is 43.4 Å². The van der Waals surface area contributed by atoms with Crippen LogP contribution in [-0.2, 0) is 6.42 Å². The lowest BCUT2D eigenvalue weighted by Gasteiger charge is -2.27. The topological polar surface area (TPSA) is 103 Å². The van der Waals surface area contributed by atoms with Gasteiger partial charge in [0.15, 0.2) is 11.5 Å². The van der Waals surface area contributed by atoms with E-state index in [1.54, 1.807) is 14.2 Å². The van der Waals surface area contributed by atoms with Gasteiger partial charge in [0.1, 0.15) is 6.33 Å². The summed E-state index contributed by atoms with van der Waals surface area (Å²) in [5.41, 5.74) is 0.967. The minimum atomic E-state index is -0.400. The molecular formula is C19H25N5O4. The molecule has 1 aliphatic heterocycles. The monoisotopic (exact) mass is 387 g/mol. The van der Waals surface area contributed by atoms with Crippen molar-refractivity contribution in [1.29, 1.82) is 0 Å². The second kappa shape index (κ2) is 9.20. The van der Waals surface area contributed by atoms with Gasteiger partial charge in [-0.2, -0.15) is 0 Å². The van der Waals surface area contributed by atoms with Crippen LogP contribution in [0.1, 0.15) is 24.8 Å². The summed E-state index contributed by atoms with van der Waals surface area (Å²) < 4.78 is 10.6. The Bertz CT molecular complexity index is 824. The molecule has 3 rings (SSSR count). The quantitative estimate of drug-likeness (QED) is 0.545. The number of anilines is 2. The number of benzene rings is 1. The van der Waals surface area contributed by atoms with Gasteiger partial charge >= 0.3 is 5.69 Å². The van der Waals surface area contributed by atoms with Gasteiger partial charge in [0, 0.05) is 19.6 Å². The Morgan fingerprint density at radius 2 is 1.89 bits per heavy atom. The molecule has 9 nitrogen and oxygen atoms in total. The van der Waals surface area contributed by atoms with Crippen molar-refractivity contribution < 1.29 is 14.4 Å². The van der Waals surface area contributed by atoms with Crippen LogP contribution in [0.4, 0.5) is 17.3 Å². The average molecular weight is 387 g/mol. The van der Waals surface area contributed by atoms with Crippen LogP contribution < -0.4 is 19.7 Å². The largest absolute Gasteiger partial charge is 0.493 e. The van der Waals surface area contributed by atoms with Crippen LogP contribution in [-0.4, -0.2) is 48.7 Å². The highest BCUT2D eigenvalue weighted by Crippen LogP contribution is 2.33. The number of rotatable bonds is 8. The van der Waals surface area contributed by atoms with E-state index in [0.29, 0.717) is 30.3 Å². The lowest BCUT2D eigenvalue weighted by atomic mass is 10.1. The van der Waals surface area contributed by atoms with Gasteiger partial charge in [-0.1, -0.05) is 6.07 Å². The van der Waals surface area contributed by atoms with Crippen LogP contribution in [0.2, 0.25) is 0 Å². The first-order chi connectivity index (χ1) is 13.6. The van der Waals surface area contributed by atoms with Crippen molar-refractivity contribution in [2.45, 2.75) is 25.7 Å². The van der Waals surface area contributed by atoms with Crippen LogP contribution in [0, 0.1) is 10.1 Å². The fraction of sp³-hybridized carbons (Fsp3) is 0.474. The van der Waals surface area contributed by atoms with E-state index in [1.807, 2.05) is 23.1 Å². The Hall–Kier alpha value is -3.10. The van der Waals surface area contributed by atoms with Crippen molar-refractivity contribution in [3.63, 3.8) is 0 Å². The summed E-state index contributed by atoms with van der Waals surface area (Å²) in [7, 11) is 3.18. The molecule has 0 unspecified atom stereocenters. The molecule has 0 radical (unpaired) electrons. The number of ether oxygens (including phenoxy) is 2. The first kappa shape index (κ1) is 19.7. The third-order valence-corrected chi connectivity index (χ3v) is 4.80. The minimum Gasteiger partial charge on any atom is -0.493 e. The van der Waals surface area contributed by atoms with Crippen molar-refractivity contribution in [1.82, 2.24) is 9.97 Å². The van der Waals surface area contributed by atoms with E-state index in [4.69, 9.17) is 9.47 Å². The molecule has 0 bridgehead atoms. The molecule has 1 aliphatic rings. The lowest BCUT2D eigenvalue weighted by molar-refractivity contribution is -0.383. The third-order valence-electron chi connectivity index (χ3n) is 4.80. The summed E-state index contributed by atoms with van der Waals surface area (Å²) in [6.45, 7) is 2.05. The van der Waals surface area contributed by atoms with Crippen molar-refractivity contribution in [2.75, 3.05) is 44.1 Å². The zero-order chi connectivity index (χ0) is 19.9. The molecule has 9 heteroatoms. The summed E-state index contributed by atoms with van der Waals surface area (Å²) in [6, 6.07) is 5.68. The van der Waals surface area contributed by atoms with Gasteiger partial charge in [0.2, 0.25) is 11.6 Å². The Morgan fingerprint density at radius 1 is 1.14 bits per heavy atom. The Balaban J connectivity index is 1.73. The Kier molecular flexibility index (Phi) is 6.46. The molecule has 0 atom stereocenters. The molecule has 0 saturated carbocycles. The summed E-state index contributed by atoms with van der Waals surface area (Å²) in [6.07, 6.45) is 5.22. The highest BCUT2D eigenvalue weighted by molar-refractivity contribution is 5.70. The van der Waals surface area contributed by atoms with E-state index in [2.05, 4.69) is 15.3 Å². The SMILES string of the molecule is COc1ccc(CCNc2ncnc(N3CCCCC3)c2[N+](=O)[O-])cc1OC. The number of piperidine rings is 1. The maximum atomic E-state index is 11.7. The van der Waals surface area contributed by atoms with Gasteiger partial charge < -0.3 is 19.7 Å². The number of nitrogens with zero attached hydrogens (tertiary/aromatic N) is 4.